The predicted octanol–water partition coefficient (Wildman–Crippen LogP) is 4.50. The van der Waals surface area contributed by atoms with Gasteiger partial charge in [-0.2, -0.15) is 0 Å². The number of ether oxygens (including phenoxy) is 2. The maximum Gasteiger partial charge on any atom is 0.119 e. The minimum Gasteiger partial charge on any atom is -0.492 e. The summed E-state index contributed by atoms with van der Waals surface area (Å²) in [6.45, 7) is 6.87. The summed E-state index contributed by atoms with van der Waals surface area (Å²) in [6.07, 6.45) is 5.74. The standard InChI is InChI=1S/C22H27N3O2/c1-18(2)27-16-20-6-3-7-21(13-20)24-15-19-5-4-8-22(14-19)26-12-11-25-10-9-23-17-25/h3-10,13-14,17-18,24H,11-12,15-16H2,1-2H3. The van der Waals surface area contributed by atoms with Gasteiger partial charge in [-0.25, -0.2) is 4.98 Å². The average molecular weight is 365 g/mol. The van der Waals surface area contributed by atoms with Gasteiger partial charge in [0.1, 0.15) is 12.4 Å². The number of imidazole rings is 1. The molecule has 5 nitrogen and oxygen atoms in total. The van der Waals surface area contributed by atoms with Gasteiger partial charge in [0.25, 0.3) is 0 Å². The Morgan fingerprint density at radius 1 is 1.07 bits per heavy atom. The summed E-state index contributed by atoms with van der Waals surface area (Å²) in [5.74, 6) is 0.883. The Kier molecular flexibility index (Phi) is 6.88. The second-order valence-corrected chi connectivity index (χ2v) is 6.71. The molecular weight excluding hydrogens is 338 g/mol. The average Bonchev–Trinajstić information content (AvgIpc) is 3.19. The minimum atomic E-state index is 0.234. The maximum atomic E-state index is 5.85. The summed E-state index contributed by atoms with van der Waals surface area (Å²) in [4.78, 5) is 4.03. The molecule has 0 aliphatic heterocycles. The van der Waals surface area contributed by atoms with Crippen LogP contribution in [-0.2, 0) is 24.4 Å². The van der Waals surface area contributed by atoms with E-state index in [4.69, 9.17) is 9.47 Å². The van der Waals surface area contributed by atoms with Gasteiger partial charge < -0.3 is 19.4 Å². The Morgan fingerprint density at radius 2 is 1.93 bits per heavy atom. The fourth-order valence-electron chi connectivity index (χ4n) is 2.67. The van der Waals surface area contributed by atoms with Crippen molar-refractivity contribution in [2.75, 3.05) is 11.9 Å². The Morgan fingerprint density at radius 3 is 2.74 bits per heavy atom. The Bertz CT molecular complexity index is 816. The lowest BCUT2D eigenvalue weighted by molar-refractivity contribution is 0.0657. The summed E-state index contributed by atoms with van der Waals surface area (Å²) in [6, 6.07) is 16.5. The quantitative estimate of drug-likeness (QED) is 0.575. The maximum absolute atomic E-state index is 5.85. The number of nitrogens with one attached hydrogen (secondary N) is 1. The van der Waals surface area contributed by atoms with Crippen LogP contribution in [0.2, 0.25) is 0 Å². The lowest BCUT2D eigenvalue weighted by Crippen LogP contribution is -2.07. The van der Waals surface area contributed by atoms with Crippen molar-refractivity contribution >= 4 is 5.69 Å². The van der Waals surface area contributed by atoms with Crippen molar-refractivity contribution in [2.24, 2.45) is 0 Å². The molecule has 27 heavy (non-hydrogen) atoms. The van der Waals surface area contributed by atoms with Crippen LogP contribution in [0, 0.1) is 0 Å². The molecule has 0 atom stereocenters. The molecule has 1 N–H and O–H groups in total. The fraction of sp³-hybridized carbons (Fsp3) is 0.318. The summed E-state index contributed by atoms with van der Waals surface area (Å²) >= 11 is 0. The van der Waals surface area contributed by atoms with Crippen LogP contribution >= 0.6 is 0 Å². The van der Waals surface area contributed by atoms with E-state index in [0.717, 1.165) is 24.5 Å². The van der Waals surface area contributed by atoms with E-state index in [9.17, 15) is 0 Å². The molecule has 0 fully saturated rings. The normalized spacial score (nSPS) is 10.9. The number of hydrogen-bond acceptors (Lipinski definition) is 4. The van der Waals surface area contributed by atoms with E-state index in [0.29, 0.717) is 13.2 Å². The first-order valence-electron chi connectivity index (χ1n) is 9.31. The number of rotatable bonds is 10. The summed E-state index contributed by atoms with van der Waals surface area (Å²) in [5.41, 5.74) is 3.44. The molecule has 0 amide bonds. The molecular formula is C22H27N3O2. The highest BCUT2D eigenvalue weighted by atomic mass is 16.5. The van der Waals surface area contributed by atoms with Gasteiger partial charge in [0.2, 0.25) is 0 Å². The van der Waals surface area contributed by atoms with Gasteiger partial charge in [-0.3, -0.25) is 0 Å². The molecule has 0 bridgehead atoms. The van der Waals surface area contributed by atoms with Crippen molar-refractivity contribution in [3.05, 3.63) is 78.4 Å². The van der Waals surface area contributed by atoms with E-state index in [1.54, 1.807) is 12.5 Å². The molecule has 1 aromatic heterocycles. The van der Waals surface area contributed by atoms with Crippen molar-refractivity contribution in [3.63, 3.8) is 0 Å². The summed E-state index contributed by atoms with van der Waals surface area (Å²) in [5, 5.41) is 3.47. The molecule has 5 heteroatoms. The number of anilines is 1. The number of nitrogens with zero attached hydrogens (tertiary/aromatic N) is 2. The van der Waals surface area contributed by atoms with Gasteiger partial charge in [-0.05, 0) is 49.2 Å². The van der Waals surface area contributed by atoms with Crippen molar-refractivity contribution in [1.82, 2.24) is 9.55 Å². The Hall–Kier alpha value is -2.79. The van der Waals surface area contributed by atoms with Crippen molar-refractivity contribution in [1.29, 1.82) is 0 Å². The molecule has 0 saturated heterocycles. The van der Waals surface area contributed by atoms with Crippen LogP contribution in [0.4, 0.5) is 5.69 Å². The SMILES string of the molecule is CC(C)OCc1cccc(NCc2cccc(OCCn3ccnc3)c2)c1. The van der Waals surface area contributed by atoms with Crippen molar-refractivity contribution < 1.29 is 9.47 Å². The molecule has 0 radical (unpaired) electrons. The van der Waals surface area contributed by atoms with Gasteiger partial charge >= 0.3 is 0 Å². The van der Waals surface area contributed by atoms with Crippen LogP contribution in [0.25, 0.3) is 0 Å². The van der Waals surface area contributed by atoms with Gasteiger partial charge in [0.05, 0.1) is 25.6 Å². The number of benzene rings is 2. The highest BCUT2D eigenvalue weighted by Gasteiger charge is 2.01. The third-order valence-corrected chi connectivity index (χ3v) is 4.08. The van der Waals surface area contributed by atoms with Crippen LogP contribution in [0.3, 0.4) is 0 Å². The summed E-state index contributed by atoms with van der Waals surface area (Å²) < 4.78 is 13.5. The molecule has 0 aliphatic carbocycles. The molecule has 0 aliphatic rings. The van der Waals surface area contributed by atoms with Crippen molar-refractivity contribution in [2.45, 2.75) is 39.6 Å². The van der Waals surface area contributed by atoms with E-state index < -0.39 is 0 Å². The zero-order valence-corrected chi connectivity index (χ0v) is 16.0. The molecule has 0 unspecified atom stereocenters. The molecule has 0 saturated carbocycles. The van der Waals surface area contributed by atoms with E-state index in [1.165, 1.54) is 11.1 Å². The van der Waals surface area contributed by atoms with E-state index in [1.807, 2.05) is 36.7 Å². The zero-order valence-electron chi connectivity index (χ0n) is 16.0. The lowest BCUT2D eigenvalue weighted by atomic mass is 10.2. The van der Waals surface area contributed by atoms with Crippen LogP contribution in [-0.4, -0.2) is 22.3 Å². The highest BCUT2D eigenvalue weighted by molar-refractivity contribution is 5.46. The number of aromatic nitrogens is 2. The first kappa shape index (κ1) is 19.0. The van der Waals surface area contributed by atoms with Gasteiger partial charge in [-0.1, -0.05) is 24.3 Å². The second-order valence-electron chi connectivity index (χ2n) is 6.71. The Labute approximate surface area is 161 Å². The molecule has 3 rings (SSSR count). The smallest absolute Gasteiger partial charge is 0.119 e. The monoisotopic (exact) mass is 365 g/mol. The third kappa shape index (κ3) is 6.46. The van der Waals surface area contributed by atoms with Crippen LogP contribution < -0.4 is 10.1 Å². The fourth-order valence-corrected chi connectivity index (χ4v) is 2.67. The molecule has 0 spiro atoms. The van der Waals surface area contributed by atoms with Gasteiger partial charge in [-0.15, -0.1) is 0 Å². The van der Waals surface area contributed by atoms with Crippen molar-refractivity contribution in [3.8, 4) is 5.75 Å². The molecule has 3 aromatic rings. The van der Waals surface area contributed by atoms with Gasteiger partial charge in [0.15, 0.2) is 0 Å². The predicted molar refractivity (Wildman–Crippen MR) is 108 cm³/mol. The molecule has 1 heterocycles. The van der Waals surface area contributed by atoms with E-state index in [2.05, 4.69) is 46.7 Å². The van der Waals surface area contributed by atoms with E-state index >= 15 is 0 Å². The van der Waals surface area contributed by atoms with Crippen LogP contribution in [0.5, 0.6) is 5.75 Å². The first-order chi connectivity index (χ1) is 13.2. The highest BCUT2D eigenvalue weighted by Crippen LogP contribution is 2.17. The topological polar surface area (TPSA) is 48.3 Å². The molecule has 142 valence electrons. The molecule has 2 aromatic carbocycles. The summed E-state index contributed by atoms with van der Waals surface area (Å²) in [7, 11) is 0. The minimum absolute atomic E-state index is 0.234. The van der Waals surface area contributed by atoms with Gasteiger partial charge in [0, 0.05) is 24.6 Å². The van der Waals surface area contributed by atoms with Crippen LogP contribution in [0.1, 0.15) is 25.0 Å². The second kappa shape index (κ2) is 9.78. The third-order valence-electron chi connectivity index (χ3n) is 4.08. The Balaban J connectivity index is 1.50. The lowest BCUT2D eigenvalue weighted by Gasteiger charge is -2.12. The zero-order chi connectivity index (χ0) is 18.9. The number of hydrogen-bond donors (Lipinski definition) is 1. The first-order valence-corrected chi connectivity index (χ1v) is 9.31. The van der Waals surface area contributed by atoms with Crippen LogP contribution in [0.15, 0.2) is 67.3 Å². The van der Waals surface area contributed by atoms with E-state index in [-0.39, 0.29) is 6.10 Å². The largest absolute Gasteiger partial charge is 0.492 e.